The minimum Gasteiger partial charge on any atom is -0.480 e. The van der Waals surface area contributed by atoms with Crippen molar-refractivity contribution >= 4 is 18.0 Å². The molecule has 1 aliphatic rings. The lowest BCUT2D eigenvalue weighted by molar-refractivity contribution is -0.142. The summed E-state index contributed by atoms with van der Waals surface area (Å²) in [6, 6.07) is 14.1. The molecule has 3 N–H and O–H groups in total. The van der Waals surface area contributed by atoms with Crippen LogP contribution in [-0.2, 0) is 14.3 Å². The van der Waals surface area contributed by atoms with Crippen LogP contribution in [0.4, 0.5) is 4.79 Å². The van der Waals surface area contributed by atoms with Gasteiger partial charge in [0.1, 0.15) is 18.7 Å². The van der Waals surface area contributed by atoms with Crippen molar-refractivity contribution < 1.29 is 24.2 Å². The van der Waals surface area contributed by atoms with Crippen molar-refractivity contribution in [3.05, 3.63) is 72.3 Å². The highest BCUT2D eigenvalue weighted by Gasteiger charge is 2.30. The highest BCUT2D eigenvalue weighted by Crippen LogP contribution is 2.44. The summed E-state index contributed by atoms with van der Waals surface area (Å²) in [7, 11) is 0. The van der Waals surface area contributed by atoms with Crippen molar-refractivity contribution in [2.24, 2.45) is 5.92 Å². The molecule has 1 aliphatic carbocycles. The molecular weight excluding hydrogens is 432 g/mol. The number of hydrogen-bond acceptors (Lipinski definition) is 4. The van der Waals surface area contributed by atoms with E-state index >= 15 is 0 Å². The number of alkyl carbamates (subject to hydrolysis) is 1. The Morgan fingerprint density at radius 1 is 1.00 bits per heavy atom. The molecule has 3 rings (SSSR count). The van der Waals surface area contributed by atoms with E-state index in [-0.39, 0.29) is 24.9 Å². The first-order valence-corrected chi connectivity index (χ1v) is 11.6. The van der Waals surface area contributed by atoms with Gasteiger partial charge in [-0.05, 0) is 47.4 Å². The Kier molecular flexibility index (Phi) is 8.46. The van der Waals surface area contributed by atoms with Gasteiger partial charge in [-0.15, -0.1) is 6.58 Å². The molecule has 0 bridgehead atoms. The fourth-order valence-electron chi connectivity index (χ4n) is 4.30. The van der Waals surface area contributed by atoms with Gasteiger partial charge in [0, 0.05) is 5.92 Å². The summed E-state index contributed by atoms with van der Waals surface area (Å²) in [5, 5.41) is 14.6. The molecule has 0 saturated carbocycles. The number of carbonyl (C=O) groups excluding carboxylic acids is 2. The van der Waals surface area contributed by atoms with Crippen LogP contribution < -0.4 is 10.6 Å². The predicted molar refractivity (Wildman–Crippen MR) is 130 cm³/mol. The van der Waals surface area contributed by atoms with Crippen LogP contribution >= 0.6 is 0 Å². The molecule has 0 radical (unpaired) electrons. The first kappa shape index (κ1) is 25.0. The summed E-state index contributed by atoms with van der Waals surface area (Å²) in [5.74, 6) is -1.66. The molecular formula is C27H32N2O5. The fraction of sp³-hybridized carbons (Fsp3) is 0.370. The first-order valence-electron chi connectivity index (χ1n) is 11.6. The maximum absolute atomic E-state index is 12.8. The average molecular weight is 465 g/mol. The quantitative estimate of drug-likeness (QED) is 0.426. The third kappa shape index (κ3) is 6.04. The van der Waals surface area contributed by atoms with Crippen molar-refractivity contribution in [3.8, 4) is 11.1 Å². The van der Waals surface area contributed by atoms with Gasteiger partial charge in [-0.3, -0.25) is 4.79 Å². The fourth-order valence-corrected chi connectivity index (χ4v) is 4.30. The summed E-state index contributed by atoms with van der Waals surface area (Å²) in [6.45, 7) is 7.56. The molecule has 1 unspecified atom stereocenters. The van der Waals surface area contributed by atoms with Crippen LogP contribution in [0.15, 0.2) is 61.2 Å². The third-order valence-electron chi connectivity index (χ3n) is 5.93. The van der Waals surface area contributed by atoms with E-state index in [9.17, 15) is 19.5 Å². The second-order valence-corrected chi connectivity index (χ2v) is 8.92. The minimum atomic E-state index is -1.13. The van der Waals surface area contributed by atoms with Crippen LogP contribution in [0.2, 0.25) is 0 Å². The molecule has 34 heavy (non-hydrogen) atoms. The van der Waals surface area contributed by atoms with Crippen LogP contribution in [0.1, 0.15) is 50.2 Å². The number of carbonyl (C=O) groups is 3. The van der Waals surface area contributed by atoms with Gasteiger partial charge in [-0.2, -0.15) is 0 Å². The Labute approximate surface area is 200 Å². The Bertz CT molecular complexity index is 1000. The van der Waals surface area contributed by atoms with Gasteiger partial charge in [0.05, 0.1) is 0 Å². The summed E-state index contributed by atoms with van der Waals surface area (Å²) in [5.41, 5.74) is 4.45. The molecule has 2 aromatic carbocycles. The van der Waals surface area contributed by atoms with Crippen molar-refractivity contribution in [1.82, 2.24) is 10.6 Å². The summed E-state index contributed by atoms with van der Waals surface area (Å²) < 4.78 is 5.56. The molecule has 0 fully saturated rings. The highest BCUT2D eigenvalue weighted by atomic mass is 16.5. The van der Waals surface area contributed by atoms with E-state index < -0.39 is 30.1 Å². The molecule has 0 aliphatic heterocycles. The van der Waals surface area contributed by atoms with Gasteiger partial charge in [-0.1, -0.05) is 68.5 Å². The van der Waals surface area contributed by atoms with Gasteiger partial charge < -0.3 is 20.5 Å². The first-order chi connectivity index (χ1) is 16.3. The van der Waals surface area contributed by atoms with Crippen molar-refractivity contribution in [3.63, 3.8) is 0 Å². The van der Waals surface area contributed by atoms with Gasteiger partial charge >= 0.3 is 12.1 Å². The van der Waals surface area contributed by atoms with Crippen molar-refractivity contribution in [1.29, 1.82) is 0 Å². The van der Waals surface area contributed by atoms with E-state index in [1.165, 1.54) is 0 Å². The second-order valence-electron chi connectivity index (χ2n) is 8.92. The number of allylic oxidation sites excluding steroid dienone is 1. The van der Waals surface area contributed by atoms with Gasteiger partial charge in [0.15, 0.2) is 0 Å². The number of carboxylic acids is 1. The van der Waals surface area contributed by atoms with Crippen LogP contribution in [0.5, 0.6) is 0 Å². The smallest absolute Gasteiger partial charge is 0.407 e. The number of ether oxygens (including phenoxy) is 1. The Balaban J connectivity index is 1.66. The van der Waals surface area contributed by atoms with Gasteiger partial charge in [0.2, 0.25) is 5.91 Å². The Morgan fingerprint density at radius 3 is 2.12 bits per heavy atom. The van der Waals surface area contributed by atoms with E-state index in [4.69, 9.17) is 4.74 Å². The number of aliphatic carboxylic acids is 1. The van der Waals surface area contributed by atoms with Gasteiger partial charge in [-0.25, -0.2) is 9.59 Å². The predicted octanol–water partition coefficient (Wildman–Crippen LogP) is 4.48. The lowest BCUT2D eigenvalue weighted by Gasteiger charge is -2.23. The van der Waals surface area contributed by atoms with Crippen LogP contribution in [0.25, 0.3) is 11.1 Å². The summed E-state index contributed by atoms with van der Waals surface area (Å²) >= 11 is 0. The number of nitrogens with one attached hydrogen (secondary N) is 2. The van der Waals surface area contributed by atoms with Crippen LogP contribution in [-0.4, -0.2) is 41.8 Å². The molecule has 0 spiro atoms. The number of fused-ring (bicyclic) bond motifs is 3. The molecule has 7 nitrogen and oxygen atoms in total. The molecule has 2 atom stereocenters. The van der Waals surface area contributed by atoms with Crippen LogP contribution in [0.3, 0.4) is 0 Å². The van der Waals surface area contributed by atoms with E-state index in [1.807, 2.05) is 50.2 Å². The number of carboxylic acid groups (broad SMARTS) is 1. The molecule has 0 heterocycles. The standard InChI is InChI=1S/C27H32N2O5/c1-4-5-14-23(26(31)32)28-25(30)24(15-17(2)3)29-27(33)34-16-22-20-12-8-6-10-18(20)19-11-7-9-13-21(19)22/h4,6-13,17,22-24H,1,5,14-16H2,2-3H3,(H,28,30)(H,29,33)(H,31,32)/t23?,24-/m1/s1. The van der Waals surface area contributed by atoms with Crippen molar-refractivity contribution in [2.45, 2.75) is 51.1 Å². The SMILES string of the molecule is C=CCCC(NC(=O)[C@@H](CC(C)C)NC(=O)OCC1c2ccccc2-c2ccccc21)C(=O)O. The molecule has 2 aromatic rings. The summed E-state index contributed by atoms with van der Waals surface area (Å²) in [6.07, 6.45) is 1.92. The number of benzene rings is 2. The monoisotopic (exact) mass is 464 g/mol. The molecule has 0 aromatic heterocycles. The minimum absolute atomic E-state index is 0.0918. The normalized spacial score (nSPS) is 14.0. The molecule has 0 saturated heterocycles. The van der Waals surface area contributed by atoms with E-state index in [1.54, 1.807) is 6.08 Å². The zero-order chi connectivity index (χ0) is 24.7. The molecule has 7 heteroatoms. The maximum Gasteiger partial charge on any atom is 0.407 e. The average Bonchev–Trinajstić information content (AvgIpc) is 3.13. The Hall–Kier alpha value is -3.61. The number of amides is 2. The zero-order valence-corrected chi connectivity index (χ0v) is 19.6. The van der Waals surface area contributed by atoms with Gasteiger partial charge in [0.25, 0.3) is 0 Å². The largest absolute Gasteiger partial charge is 0.480 e. The molecule has 180 valence electrons. The Morgan fingerprint density at radius 2 is 1.59 bits per heavy atom. The summed E-state index contributed by atoms with van der Waals surface area (Å²) in [4.78, 5) is 37.0. The number of hydrogen-bond donors (Lipinski definition) is 3. The zero-order valence-electron chi connectivity index (χ0n) is 19.6. The number of rotatable bonds is 11. The van der Waals surface area contributed by atoms with Crippen molar-refractivity contribution in [2.75, 3.05) is 6.61 Å². The molecule has 2 amide bonds. The topological polar surface area (TPSA) is 105 Å². The van der Waals surface area contributed by atoms with E-state index in [0.29, 0.717) is 12.8 Å². The van der Waals surface area contributed by atoms with E-state index in [2.05, 4.69) is 29.3 Å². The third-order valence-corrected chi connectivity index (χ3v) is 5.93. The lowest BCUT2D eigenvalue weighted by atomic mass is 9.98. The lowest BCUT2D eigenvalue weighted by Crippen LogP contribution is -2.52. The van der Waals surface area contributed by atoms with E-state index in [0.717, 1.165) is 22.3 Å². The highest BCUT2D eigenvalue weighted by molar-refractivity contribution is 5.89. The maximum atomic E-state index is 12.8. The van der Waals surface area contributed by atoms with Crippen LogP contribution in [0, 0.1) is 5.92 Å². The second kappa shape index (κ2) is 11.5.